The van der Waals surface area contributed by atoms with Gasteiger partial charge in [0.1, 0.15) is 11.4 Å². The normalized spacial score (nSPS) is 14.8. The van der Waals surface area contributed by atoms with Crippen LogP contribution in [0.15, 0.2) is 65.7 Å². The second-order valence-electron chi connectivity index (χ2n) is 13.5. The number of pyridine rings is 1. The maximum atomic E-state index is 13.5. The van der Waals surface area contributed by atoms with Gasteiger partial charge >= 0.3 is 6.03 Å². The molecule has 2 aromatic carbocycles. The Labute approximate surface area is 318 Å². The van der Waals surface area contributed by atoms with E-state index in [0.29, 0.717) is 46.6 Å². The maximum absolute atomic E-state index is 13.5. The van der Waals surface area contributed by atoms with Crippen molar-refractivity contribution in [2.75, 3.05) is 63.0 Å². The Balaban J connectivity index is 1.26. The number of nitrogens with one attached hydrogen (secondary N) is 4. The van der Waals surface area contributed by atoms with Crippen LogP contribution in [0, 0.1) is 0 Å². The van der Waals surface area contributed by atoms with Gasteiger partial charge < -0.3 is 36.2 Å². The fourth-order valence-electron chi connectivity index (χ4n) is 6.77. The molecule has 0 unspecified atom stereocenters. The van der Waals surface area contributed by atoms with Gasteiger partial charge in [0, 0.05) is 55.6 Å². The van der Waals surface area contributed by atoms with Crippen molar-refractivity contribution in [1.82, 2.24) is 35.2 Å². The van der Waals surface area contributed by atoms with Crippen molar-refractivity contribution >= 4 is 40.8 Å². The van der Waals surface area contributed by atoms with Crippen LogP contribution in [0.4, 0.5) is 16.2 Å². The first kappa shape index (κ1) is 38.4. The number of carbonyl (C=O) groups is 3. The average molecular weight is 756 g/mol. The van der Waals surface area contributed by atoms with E-state index in [1.807, 2.05) is 24.3 Å². The van der Waals surface area contributed by atoms with Crippen LogP contribution in [-0.2, 0) is 6.54 Å². The van der Waals surface area contributed by atoms with Crippen molar-refractivity contribution < 1.29 is 19.5 Å². The van der Waals surface area contributed by atoms with Crippen molar-refractivity contribution in [2.45, 2.75) is 45.6 Å². The number of nitrogens with zero attached hydrogens (tertiary/aromatic N) is 5. The first-order valence-corrected chi connectivity index (χ1v) is 18.9. The monoisotopic (exact) mass is 755 g/mol. The summed E-state index contributed by atoms with van der Waals surface area (Å²) in [5, 5.41) is 25.7. The molecule has 0 saturated carbocycles. The van der Waals surface area contributed by atoms with E-state index in [2.05, 4.69) is 41.1 Å². The Kier molecular flexibility index (Phi) is 12.9. The molecule has 0 atom stereocenters. The highest BCUT2D eigenvalue weighted by Crippen LogP contribution is 2.31. The molecule has 0 radical (unpaired) electrons. The Hall–Kier alpha value is -5.31. The van der Waals surface area contributed by atoms with Gasteiger partial charge in [-0.15, -0.1) is 0 Å². The number of halogens is 1. The standard InChI is InChI=1S/C39H46ClN9O5/c1-2-49-38(53)33(44-39(54)45-35-31(40)24-41-25-34(35)50)23-32(46-49)27-10-8-9-26(19-27)28-20-29(36(51)42-11-17-47-13-4-3-5-14-47)22-30(21-28)37(52)43-12-18-48-15-6-7-16-48/h8-10,19-25,50H,2-7,11-18H2,1H3,(H,42,51)(H,43,52)(H2,41,44,45,54). The SMILES string of the molecule is CCn1nc(-c2cccc(-c3cc(C(=O)NCCN4CCCCC4)cc(C(=O)NCCN4CCCC4)c3)c2)cc(NC(=O)Nc2c(O)cncc2Cl)c1=O. The van der Waals surface area contributed by atoms with E-state index in [-0.39, 0.29) is 40.5 Å². The summed E-state index contributed by atoms with van der Waals surface area (Å²) in [7, 11) is 0. The Morgan fingerprint density at radius 1 is 0.778 bits per heavy atom. The molecule has 6 rings (SSSR count). The summed E-state index contributed by atoms with van der Waals surface area (Å²) in [6.45, 7) is 8.64. The minimum Gasteiger partial charge on any atom is -0.504 e. The van der Waals surface area contributed by atoms with Crippen molar-refractivity contribution in [3.8, 4) is 28.1 Å². The lowest BCUT2D eigenvalue weighted by Crippen LogP contribution is -2.37. The van der Waals surface area contributed by atoms with Crippen LogP contribution < -0.4 is 26.8 Å². The number of amides is 4. The summed E-state index contributed by atoms with van der Waals surface area (Å²) in [5.74, 6) is -0.859. The number of benzene rings is 2. The zero-order valence-corrected chi connectivity index (χ0v) is 31.1. The number of carbonyl (C=O) groups excluding carboxylic acids is 3. The molecule has 2 aliphatic heterocycles. The smallest absolute Gasteiger partial charge is 0.323 e. The van der Waals surface area contributed by atoms with Gasteiger partial charge in [-0.3, -0.25) is 19.4 Å². The molecule has 284 valence electrons. The van der Waals surface area contributed by atoms with Crippen LogP contribution in [0.1, 0.15) is 59.7 Å². The van der Waals surface area contributed by atoms with Gasteiger partial charge in [0.25, 0.3) is 17.4 Å². The first-order chi connectivity index (χ1) is 26.2. The second kappa shape index (κ2) is 18.1. The van der Waals surface area contributed by atoms with Crippen LogP contribution in [-0.4, -0.2) is 99.9 Å². The molecular formula is C39H46ClN9O5. The lowest BCUT2D eigenvalue weighted by molar-refractivity contribution is 0.0946. The lowest BCUT2D eigenvalue weighted by Gasteiger charge is -2.26. The molecule has 15 heteroatoms. The summed E-state index contributed by atoms with van der Waals surface area (Å²) < 4.78 is 1.23. The van der Waals surface area contributed by atoms with E-state index in [4.69, 9.17) is 11.6 Å². The maximum Gasteiger partial charge on any atom is 0.323 e. The van der Waals surface area contributed by atoms with Crippen LogP contribution in [0.2, 0.25) is 5.02 Å². The number of likely N-dealkylation sites (tertiary alicyclic amines) is 2. The number of hydrogen-bond acceptors (Lipinski definition) is 9. The van der Waals surface area contributed by atoms with Crippen LogP contribution in [0.25, 0.3) is 22.4 Å². The third-order valence-corrected chi connectivity index (χ3v) is 9.95. The predicted molar refractivity (Wildman–Crippen MR) is 209 cm³/mol. The van der Waals surface area contributed by atoms with Crippen molar-refractivity contribution in [1.29, 1.82) is 0 Å². The van der Waals surface area contributed by atoms with E-state index < -0.39 is 11.6 Å². The molecule has 0 bridgehead atoms. The van der Waals surface area contributed by atoms with Crippen LogP contribution >= 0.6 is 11.6 Å². The second-order valence-corrected chi connectivity index (χ2v) is 13.9. The fourth-order valence-corrected chi connectivity index (χ4v) is 6.97. The summed E-state index contributed by atoms with van der Waals surface area (Å²) in [6, 6.07) is 13.2. The van der Waals surface area contributed by atoms with Gasteiger partial charge in [0.15, 0.2) is 5.75 Å². The summed E-state index contributed by atoms with van der Waals surface area (Å²) >= 11 is 6.09. The highest BCUT2D eigenvalue weighted by Gasteiger charge is 2.19. The third-order valence-electron chi connectivity index (χ3n) is 9.66. The molecule has 4 amide bonds. The van der Waals surface area contributed by atoms with E-state index in [1.165, 1.54) is 49.0 Å². The zero-order chi connectivity index (χ0) is 38.0. The number of rotatable bonds is 13. The van der Waals surface area contributed by atoms with Gasteiger partial charge in [-0.1, -0.05) is 36.2 Å². The van der Waals surface area contributed by atoms with Gasteiger partial charge in [-0.2, -0.15) is 5.10 Å². The molecule has 54 heavy (non-hydrogen) atoms. The molecule has 2 aliphatic rings. The minimum atomic E-state index is -0.804. The summed E-state index contributed by atoms with van der Waals surface area (Å²) in [6.07, 6.45) is 8.30. The molecule has 5 N–H and O–H groups in total. The molecule has 14 nitrogen and oxygen atoms in total. The molecule has 2 fully saturated rings. The first-order valence-electron chi connectivity index (χ1n) is 18.5. The summed E-state index contributed by atoms with van der Waals surface area (Å²) in [5.41, 5.74) is 2.49. The quantitative estimate of drug-likeness (QED) is 0.125. The van der Waals surface area contributed by atoms with Gasteiger partial charge in [0.05, 0.1) is 16.9 Å². The molecular weight excluding hydrogens is 710 g/mol. The van der Waals surface area contributed by atoms with E-state index in [9.17, 15) is 24.3 Å². The highest BCUT2D eigenvalue weighted by molar-refractivity contribution is 6.34. The van der Waals surface area contributed by atoms with E-state index in [0.717, 1.165) is 45.5 Å². The Morgan fingerprint density at radius 3 is 2.00 bits per heavy atom. The van der Waals surface area contributed by atoms with Gasteiger partial charge in [0.2, 0.25) is 0 Å². The largest absolute Gasteiger partial charge is 0.504 e. The number of aromatic hydroxyl groups is 1. The van der Waals surface area contributed by atoms with Gasteiger partial charge in [-0.05, 0) is 100 Å². The van der Waals surface area contributed by atoms with Crippen LogP contribution in [0.5, 0.6) is 5.75 Å². The Bertz CT molecular complexity index is 2020. The summed E-state index contributed by atoms with van der Waals surface area (Å²) in [4.78, 5) is 61.6. The number of urea groups is 1. The highest BCUT2D eigenvalue weighted by atomic mass is 35.5. The van der Waals surface area contributed by atoms with Crippen molar-refractivity contribution in [2.24, 2.45) is 0 Å². The number of aromatic nitrogens is 3. The zero-order valence-electron chi connectivity index (χ0n) is 30.4. The third kappa shape index (κ3) is 9.81. The molecule has 2 saturated heterocycles. The van der Waals surface area contributed by atoms with Crippen molar-refractivity contribution in [3.63, 3.8) is 0 Å². The van der Waals surface area contributed by atoms with E-state index in [1.54, 1.807) is 25.1 Å². The fraction of sp³-hybridized carbons (Fsp3) is 0.385. The number of hydrogen-bond donors (Lipinski definition) is 5. The predicted octanol–water partition coefficient (Wildman–Crippen LogP) is 5.04. The number of anilines is 2. The van der Waals surface area contributed by atoms with E-state index >= 15 is 0 Å². The number of piperidine rings is 1. The van der Waals surface area contributed by atoms with Gasteiger partial charge in [-0.25, -0.2) is 9.48 Å². The average Bonchev–Trinajstić information content (AvgIpc) is 3.71. The van der Waals surface area contributed by atoms with Crippen LogP contribution in [0.3, 0.4) is 0 Å². The minimum absolute atomic E-state index is 0.0186. The topological polar surface area (TPSA) is 174 Å². The molecule has 0 aliphatic carbocycles. The molecule has 0 spiro atoms. The number of aryl methyl sites for hydroxylation is 1. The Morgan fingerprint density at radius 2 is 1.39 bits per heavy atom. The molecule has 2 aromatic heterocycles. The molecule has 4 aromatic rings. The van der Waals surface area contributed by atoms with Crippen molar-refractivity contribution in [3.05, 3.63) is 87.4 Å². The lowest BCUT2D eigenvalue weighted by atomic mass is 9.97. The molecule has 4 heterocycles.